The molecule has 0 radical (unpaired) electrons. The van der Waals surface area contributed by atoms with Crippen LogP contribution in [0.4, 0.5) is 0 Å². The highest BCUT2D eigenvalue weighted by molar-refractivity contribution is 4.84. The Hall–Kier alpha value is -0.0800. The van der Waals surface area contributed by atoms with Gasteiger partial charge in [0.05, 0.1) is 23.9 Å². The van der Waals surface area contributed by atoms with E-state index in [1.807, 2.05) is 0 Å². The Balaban J connectivity index is 0.000000181. The van der Waals surface area contributed by atoms with E-state index in [1.165, 1.54) is 38.5 Å². The third kappa shape index (κ3) is 14.3. The van der Waals surface area contributed by atoms with E-state index in [9.17, 15) is 0 Å². The number of hydrogen-bond donors (Lipinski definition) is 0. The molecule has 0 bridgehead atoms. The van der Waals surface area contributed by atoms with Crippen LogP contribution in [0.1, 0.15) is 101 Å². The molecule has 0 N–H and O–H groups in total. The van der Waals surface area contributed by atoms with Crippen LogP contribution >= 0.6 is 0 Å². The largest absolute Gasteiger partial charge is 0.376 e. The fraction of sp³-hybridized carbons (Fsp3) is 1.00. The van der Waals surface area contributed by atoms with Crippen LogP contribution in [0.15, 0.2) is 0 Å². The summed E-state index contributed by atoms with van der Waals surface area (Å²) in [5.41, 5.74) is 0.768. The van der Waals surface area contributed by atoms with Crippen LogP contribution in [0.25, 0.3) is 0 Å². The van der Waals surface area contributed by atoms with Crippen molar-refractivity contribution in [2.75, 3.05) is 6.61 Å². The fourth-order valence-corrected chi connectivity index (χ4v) is 2.29. The Morgan fingerprint density at radius 3 is 1.33 bits per heavy atom. The zero-order valence-electron chi connectivity index (χ0n) is 18.0. The van der Waals surface area contributed by atoms with Crippen molar-refractivity contribution in [2.45, 2.75) is 118 Å². The highest BCUT2D eigenvalue weighted by atomic mass is 16.5. The van der Waals surface area contributed by atoms with Crippen molar-refractivity contribution in [3.05, 3.63) is 0 Å². The molecule has 3 rings (SSSR count). The second kappa shape index (κ2) is 8.54. The summed E-state index contributed by atoms with van der Waals surface area (Å²) in [6, 6.07) is 0. The molecular weight excluding hydrogens is 296 g/mol. The maximum absolute atomic E-state index is 5.55. The molecule has 0 saturated heterocycles. The van der Waals surface area contributed by atoms with Gasteiger partial charge in [-0.1, -0.05) is 20.8 Å². The Morgan fingerprint density at radius 1 is 0.667 bits per heavy atom. The van der Waals surface area contributed by atoms with Crippen molar-refractivity contribution in [3.8, 4) is 0 Å². The summed E-state index contributed by atoms with van der Waals surface area (Å²) in [5, 5.41) is 0. The average molecular weight is 341 g/mol. The molecule has 144 valence electrons. The SMILES string of the molecule is CC(C)(C)C1CC1.CC(C)(C)OC1CC1.CC(C)(C)OCC1CC1. The van der Waals surface area contributed by atoms with Gasteiger partial charge in [0.25, 0.3) is 0 Å². The first-order valence-corrected chi connectivity index (χ1v) is 10.1. The molecule has 3 aliphatic rings. The summed E-state index contributed by atoms with van der Waals surface area (Å²) < 4.78 is 11.1. The Kier molecular flexibility index (Phi) is 7.81. The first kappa shape index (κ1) is 22.0. The van der Waals surface area contributed by atoms with Crippen molar-refractivity contribution in [1.82, 2.24) is 0 Å². The quantitative estimate of drug-likeness (QED) is 0.575. The molecule has 0 atom stereocenters. The second-order valence-electron chi connectivity index (χ2n) is 10.9. The van der Waals surface area contributed by atoms with E-state index in [2.05, 4.69) is 62.3 Å². The average Bonchev–Trinajstić information content (AvgIpc) is 3.22. The summed E-state index contributed by atoms with van der Waals surface area (Å²) in [6.45, 7) is 20.6. The van der Waals surface area contributed by atoms with Crippen LogP contribution in [0.5, 0.6) is 0 Å². The Morgan fingerprint density at radius 2 is 1.17 bits per heavy atom. The second-order valence-corrected chi connectivity index (χ2v) is 10.9. The standard InChI is InChI=1S/C8H16O.C7H14O.C7H14/c1-8(2,3)9-6-7-4-5-7;1-7(2,3)8-6-4-5-6;1-7(2,3)6-4-5-6/h7H,4-6H2,1-3H3;6H,4-5H2,1-3H3;6H,4-5H2,1-3H3. The highest BCUT2D eigenvalue weighted by Gasteiger charge is 2.33. The molecule has 0 aromatic carbocycles. The van der Waals surface area contributed by atoms with Gasteiger partial charge in [0.1, 0.15) is 0 Å². The molecule has 2 nitrogen and oxygen atoms in total. The minimum Gasteiger partial charge on any atom is -0.376 e. The molecule has 0 aliphatic heterocycles. The molecule has 2 heteroatoms. The van der Waals surface area contributed by atoms with Gasteiger partial charge in [-0.05, 0) is 97.3 Å². The minimum atomic E-state index is 0.0720. The van der Waals surface area contributed by atoms with Crippen LogP contribution < -0.4 is 0 Å². The summed E-state index contributed by atoms with van der Waals surface area (Å²) >= 11 is 0. The minimum absolute atomic E-state index is 0.0720. The Bertz CT molecular complexity index is 342. The lowest BCUT2D eigenvalue weighted by atomic mass is 9.91. The van der Waals surface area contributed by atoms with E-state index < -0.39 is 0 Å². The van der Waals surface area contributed by atoms with Gasteiger partial charge in [-0.3, -0.25) is 0 Å². The predicted octanol–water partition coefficient (Wildman–Crippen LogP) is 6.62. The predicted molar refractivity (Wildman–Crippen MR) is 104 cm³/mol. The van der Waals surface area contributed by atoms with Gasteiger partial charge in [-0.25, -0.2) is 0 Å². The molecule has 0 spiro atoms. The Labute approximate surface area is 152 Å². The number of ether oxygens (including phenoxy) is 2. The first-order chi connectivity index (χ1) is 10.8. The zero-order valence-corrected chi connectivity index (χ0v) is 18.0. The van der Waals surface area contributed by atoms with Crippen molar-refractivity contribution in [3.63, 3.8) is 0 Å². The van der Waals surface area contributed by atoms with E-state index >= 15 is 0 Å². The fourth-order valence-electron chi connectivity index (χ4n) is 2.29. The van der Waals surface area contributed by atoms with E-state index in [-0.39, 0.29) is 11.2 Å². The summed E-state index contributed by atoms with van der Waals surface area (Å²) in [7, 11) is 0. The zero-order chi connectivity index (χ0) is 18.6. The molecule has 0 amide bonds. The van der Waals surface area contributed by atoms with Gasteiger partial charge in [0, 0.05) is 0 Å². The molecular formula is C22H44O2. The monoisotopic (exact) mass is 340 g/mol. The van der Waals surface area contributed by atoms with Crippen molar-refractivity contribution in [1.29, 1.82) is 0 Å². The summed E-state index contributed by atoms with van der Waals surface area (Å²) in [5.74, 6) is 1.94. The maximum Gasteiger partial charge on any atom is 0.0602 e. The van der Waals surface area contributed by atoms with Crippen molar-refractivity contribution < 1.29 is 9.47 Å². The van der Waals surface area contributed by atoms with Crippen LogP contribution in [-0.4, -0.2) is 23.9 Å². The van der Waals surface area contributed by atoms with Crippen LogP contribution in [-0.2, 0) is 9.47 Å². The normalized spacial score (nSPS) is 21.4. The number of rotatable bonds is 3. The molecule has 0 aromatic rings. The lowest BCUT2D eigenvalue weighted by Gasteiger charge is -2.18. The van der Waals surface area contributed by atoms with E-state index in [0.717, 1.165) is 18.4 Å². The van der Waals surface area contributed by atoms with Crippen LogP contribution in [0.3, 0.4) is 0 Å². The summed E-state index contributed by atoms with van der Waals surface area (Å²) in [4.78, 5) is 0. The third-order valence-electron chi connectivity index (χ3n) is 4.30. The molecule has 0 aromatic heterocycles. The van der Waals surface area contributed by atoms with Gasteiger partial charge in [0.2, 0.25) is 0 Å². The van der Waals surface area contributed by atoms with Gasteiger partial charge in [-0.2, -0.15) is 0 Å². The maximum atomic E-state index is 5.55. The van der Waals surface area contributed by atoms with Gasteiger partial charge in [0.15, 0.2) is 0 Å². The topological polar surface area (TPSA) is 18.5 Å². The van der Waals surface area contributed by atoms with Crippen LogP contribution in [0.2, 0.25) is 0 Å². The third-order valence-corrected chi connectivity index (χ3v) is 4.30. The van der Waals surface area contributed by atoms with Crippen molar-refractivity contribution >= 4 is 0 Å². The van der Waals surface area contributed by atoms with Crippen LogP contribution in [0, 0.1) is 17.3 Å². The van der Waals surface area contributed by atoms with E-state index in [4.69, 9.17) is 9.47 Å². The smallest absolute Gasteiger partial charge is 0.0602 e. The molecule has 0 unspecified atom stereocenters. The van der Waals surface area contributed by atoms with Crippen molar-refractivity contribution in [2.24, 2.45) is 17.3 Å². The van der Waals surface area contributed by atoms with Gasteiger partial charge < -0.3 is 9.47 Å². The van der Waals surface area contributed by atoms with Gasteiger partial charge in [-0.15, -0.1) is 0 Å². The van der Waals surface area contributed by atoms with E-state index in [1.54, 1.807) is 0 Å². The van der Waals surface area contributed by atoms with Gasteiger partial charge >= 0.3 is 0 Å². The lowest BCUT2D eigenvalue weighted by Crippen LogP contribution is -2.20. The molecule has 24 heavy (non-hydrogen) atoms. The summed E-state index contributed by atoms with van der Waals surface area (Å²) in [6.07, 6.45) is 8.86. The number of hydrogen-bond acceptors (Lipinski definition) is 2. The van der Waals surface area contributed by atoms with E-state index in [0.29, 0.717) is 11.5 Å². The molecule has 3 fully saturated rings. The molecule has 3 aliphatic carbocycles. The first-order valence-electron chi connectivity index (χ1n) is 10.1. The molecule has 3 saturated carbocycles. The molecule has 0 heterocycles. The lowest BCUT2D eigenvalue weighted by molar-refractivity contribution is -0.0151. The highest BCUT2D eigenvalue weighted by Crippen LogP contribution is 2.44.